The number of hydrogen-bond donors (Lipinski definition) is 1. The van der Waals surface area contributed by atoms with Gasteiger partial charge in [-0.3, -0.25) is 4.79 Å². The Bertz CT molecular complexity index is 404. The number of amides is 1. The molecule has 1 unspecified atom stereocenters. The standard InChI is InChI=1S/C13H19FN2O/c1-9-5-6-11(12(14)7-9)13(17)15-10(2)8-16(3)4/h5-7,10H,8H2,1-4H3,(H,15,17). The number of aryl methyl sites for hydroxylation is 1. The summed E-state index contributed by atoms with van der Waals surface area (Å²) in [5.74, 6) is -0.837. The zero-order valence-electron chi connectivity index (χ0n) is 10.7. The van der Waals surface area contributed by atoms with Crippen molar-refractivity contribution < 1.29 is 9.18 Å². The Balaban J connectivity index is 2.70. The molecule has 1 amide bonds. The molecule has 1 rings (SSSR count). The van der Waals surface area contributed by atoms with Gasteiger partial charge in [-0.05, 0) is 45.6 Å². The Morgan fingerprint density at radius 1 is 1.47 bits per heavy atom. The molecule has 0 spiro atoms. The number of nitrogens with zero attached hydrogens (tertiary/aromatic N) is 1. The maximum Gasteiger partial charge on any atom is 0.254 e. The number of rotatable bonds is 4. The predicted octanol–water partition coefficient (Wildman–Crippen LogP) is 1.81. The molecule has 0 bridgehead atoms. The summed E-state index contributed by atoms with van der Waals surface area (Å²) in [6.45, 7) is 4.41. The van der Waals surface area contributed by atoms with Crippen molar-refractivity contribution >= 4 is 5.91 Å². The predicted molar refractivity (Wildman–Crippen MR) is 66.6 cm³/mol. The van der Waals surface area contributed by atoms with Crippen LogP contribution >= 0.6 is 0 Å². The second kappa shape index (κ2) is 5.77. The average molecular weight is 238 g/mol. The zero-order chi connectivity index (χ0) is 13.0. The van der Waals surface area contributed by atoms with Crippen LogP contribution in [-0.4, -0.2) is 37.5 Å². The van der Waals surface area contributed by atoms with E-state index in [4.69, 9.17) is 0 Å². The lowest BCUT2D eigenvalue weighted by Crippen LogP contribution is -2.39. The highest BCUT2D eigenvalue weighted by molar-refractivity contribution is 5.94. The van der Waals surface area contributed by atoms with Crippen LogP contribution in [0.15, 0.2) is 18.2 Å². The van der Waals surface area contributed by atoms with Gasteiger partial charge in [-0.15, -0.1) is 0 Å². The first kappa shape index (κ1) is 13.6. The van der Waals surface area contributed by atoms with E-state index in [-0.39, 0.29) is 17.5 Å². The van der Waals surface area contributed by atoms with Gasteiger partial charge >= 0.3 is 0 Å². The van der Waals surface area contributed by atoms with Gasteiger partial charge in [0.05, 0.1) is 5.56 Å². The van der Waals surface area contributed by atoms with E-state index in [0.29, 0.717) is 0 Å². The molecule has 0 saturated carbocycles. The summed E-state index contributed by atoms with van der Waals surface area (Å²) in [6, 6.07) is 4.60. The molecule has 1 N–H and O–H groups in total. The van der Waals surface area contributed by atoms with Crippen molar-refractivity contribution in [3.8, 4) is 0 Å². The van der Waals surface area contributed by atoms with Crippen molar-refractivity contribution in [2.45, 2.75) is 19.9 Å². The summed E-state index contributed by atoms with van der Waals surface area (Å²) in [5.41, 5.74) is 0.904. The van der Waals surface area contributed by atoms with Gasteiger partial charge in [0.15, 0.2) is 0 Å². The van der Waals surface area contributed by atoms with Crippen LogP contribution in [0, 0.1) is 12.7 Å². The first-order chi connectivity index (χ1) is 7.90. The summed E-state index contributed by atoms with van der Waals surface area (Å²) in [6.07, 6.45) is 0. The topological polar surface area (TPSA) is 32.3 Å². The van der Waals surface area contributed by atoms with Crippen LogP contribution in [0.25, 0.3) is 0 Å². The van der Waals surface area contributed by atoms with E-state index in [9.17, 15) is 9.18 Å². The summed E-state index contributed by atoms with van der Waals surface area (Å²) in [4.78, 5) is 13.8. The van der Waals surface area contributed by atoms with Gasteiger partial charge in [-0.25, -0.2) is 4.39 Å². The highest BCUT2D eigenvalue weighted by Gasteiger charge is 2.14. The molecule has 3 nitrogen and oxygen atoms in total. The second-order valence-electron chi connectivity index (χ2n) is 4.62. The Kier molecular flexibility index (Phi) is 4.63. The zero-order valence-corrected chi connectivity index (χ0v) is 10.7. The lowest BCUT2D eigenvalue weighted by molar-refractivity contribution is 0.0930. The van der Waals surface area contributed by atoms with Gasteiger partial charge < -0.3 is 10.2 Å². The van der Waals surface area contributed by atoms with Crippen LogP contribution in [0.1, 0.15) is 22.8 Å². The highest BCUT2D eigenvalue weighted by atomic mass is 19.1. The summed E-state index contributed by atoms with van der Waals surface area (Å²) < 4.78 is 13.5. The number of carbonyl (C=O) groups excluding carboxylic acids is 1. The molecule has 1 aromatic rings. The largest absolute Gasteiger partial charge is 0.348 e. The fourth-order valence-corrected chi connectivity index (χ4v) is 1.70. The molecule has 1 aromatic carbocycles. The van der Waals surface area contributed by atoms with Gasteiger partial charge in [0.25, 0.3) is 5.91 Å². The summed E-state index contributed by atoms with van der Waals surface area (Å²) in [5, 5.41) is 2.77. The Labute approximate surface area is 102 Å². The van der Waals surface area contributed by atoms with Crippen LogP contribution in [0.4, 0.5) is 4.39 Å². The van der Waals surface area contributed by atoms with E-state index >= 15 is 0 Å². The molecule has 94 valence electrons. The maximum absolute atomic E-state index is 13.5. The van der Waals surface area contributed by atoms with Crippen LogP contribution in [0.2, 0.25) is 0 Å². The van der Waals surface area contributed by atoms with Crippen LogP contribution < -0.4 is 5.32 Å². The number of hydrogen-bond acceptors (Lipinski definition) is 2. The Hall–Kier alpha value is -1.42. The third kappa shape index (κ3) is 4.15. The van der Waals surface area contributed by atoms with E-state index in [2.05, 4.69) is 5.32 Å². The normalized spacial score (nSPS) is 12.6. The van der Waals surface area contributed by atoms with E-state index in [0.717, 1.165) is 12.1 Å². The monoisotopic (exact) mass is 238 g/mol. The minimum Gasteiger partial charge on any atom is -0.348 e. The van der Waals surface area contributed by atoms with E-state index < -0.39 is 5.82 Å². The molecule has 0 radical (unpaired) electrons. The molecule has 0 aliphatic carbocycles. The molecule has 0 fully saturated rings. The lowest BCUT2D eigenvalue weighted by atomic mass is 10.1. The number of benzene rings is 1. The average Bonchev–Trinajstić information content (AvgIpc) is 2.15. The van der Waals surface area contributed by atoms with Gasteiger partial charge in [0.1, 0.15) is 5.82 Å². The molecule has 0 aliphatic heterocycles. The van der Waals surface area contributed by atoms with Crippen LogP contribution in [0.5, 0.6) is 0 Å². The molecule has 0 heterocycles. The fourth-order valence-electron chi connectivity index (χ4n) is 1.70. The van der Waals surface area contributed by atoms with Crippen molar-refractivity contribution in [3.63, 3.8) is 0 Å². The first-order valence-electron chi connectivity index (χ1n) is 5.62. The maximum atomic E-state index is 13.5. The molecule has 4 heteroatoms. The quantitative estimate of drug-likeness (QED) is 0.867. The van der Waals surface area contributed by atoms with Crippen molar-refractivity contribution in [3.05, 3.63) is 35.1 Å². The van der Waals surface area contributed by atoms with Crippen molar-refractivity contribution in [1.82, 2.24) is 10.2 Å². The Morgan fingerprint density at radius 3 is 2.65 bits per heavy atom. The number of halogens is 1. The Morgan fingerprint density at radius 2 is 2.12 bits per heavy atom. The van der Waals surface area contributed by atoms with Crippen molar-refractivity contribution in [2.75, 3.05) is 20.6 Å². The third-order valence-corrected chi connectivity index (χ3v) is 2.39. The van der Waals surface area contributed by atoms with Gasteiger partial charge in [-0.2, -0.15) is 0 Å². The van der Waals surface area contributed by atoms with Gasteiger partial charge in [0.2, 0.25) is 0 Å². The third-order valence-electron chi connectivity index (χ3n) is 2.39. The smallest absolute Gasteiger partial charge is 0.254 e. The number of carbonyl (C=O) groups is 1. The van der Waals surface area contributed by atoms with E-state index in [1.54, 1.807) is 13.0 Å². The first-order valence-corrected chi connectivity index (χ1v) is 5.62. The molecular weight excluding hydrogens is 219 g/mol. The summed E-state index contributed by atoms with van der Waals surface area (Å²) in [7, 11) is 3.85. The minimum atomic E-state index is -0.473. The van der Waals surface area contributed by atoms with Crippen molar-refractivity contribution in [2.24, 2.45) is 0 Å². The highest BCUT2D eigenvalue weighted by Crippen LogP contribution is 2.09. The minimum absolute atomic E-state index is 0.0156. The number of likely N-dealkylation sites (N-methyl/N-ethyl adjacent to an activating group) is 1. The summed E-state index contributed by atoms with van der Waals surface area (Å²) >= 11 is 0. The molecule has 0 saturated heterocycles. The molecular formula is C13H19FN2O. The van der Waals surface area contributed by atoms with Crippen LogP contribution in [0.3, 0.4) is 0 Å². The molecule has 1 atom stereocenters. The second-order valence-corrected chi connectivity index (χ2v) is 4.62. The SMILES string of the molecule is Cc1ccc(C(=O)NC(C)CN(C)C)c(F)c1. The number of nitrogens with one attached hydrogen (secondary N) is 1. The van der Waals surface area contributed by atoms with Crippen molar-refractivity contribution in [1.29, 1.82) is 0 Å². The van der Waals surface area contributed by atoms with Gasteiger partial charge in [0, 0.05) is 12.6 Å². The lowest BCUT2D eigenvalue weighted by Gasteiger charge is -2.18. The molecule has 0 aromatic heterocycles. The van der Waals surface area contributed by atoms with Gasteiger partial charge in [-0.1, -0.05) is 6.07 Å². The fraction of sp³-hybridized carbons (Fsp3) is 0.462. The molecule has 17 heavy (non-hydrogen) atoms. The van der Waals surface area contributed by atoms with Crippen LogP contribution in [-0.2, 0) is 0 Å². The van der Waals surface area contributed by atoms with E-state index in [1.165, 1.54) is 12.1 Å². The van der Waals surface area contributed by atoms with E-state index in [1.807, 2.05) is 25.9 Å². The molecule has 0 aliphatic rings.